The second kappa shape index (κ2) is 12.1. The molecule has 2 aliphatic heterocycles. The van der Waals surface area contributed by atoms with E-state index in [0.29, 0.717) is 11.1 Å². The van der Waals surface area contributed by atoms with E-state index in [1.807, 2.05) is 18.2 Å². The van der Waals surface area contributed by atoms with Gasteiger partial charge in [-0.05, 0) is 42.7 Å². The van der Waals surface area contributed by atoms with Crippen molar-refractivity contribution >= 4 is 41.2 Å². The number of β-lactam (4-membered cyclic amide) rings is 1. The highest BCUT2D eigenvalue weighted by atomic mass is 32.2. The number of esters is 2. The number of non-ortho nitro benzene ring substituents is 1. The zero-order chi connectivity index (χ0) is 31.6. The number of nitro groups is 1. The number of carbonyl (C=O) groups is 4. The van der Waals surface area contributed by atoms with Crippen LogP contribution in [-0.4, -0.2) is 55.4 Å². The van der Waals surface area contributed by atoms with E-state index in [1.165, 1.54) is 40.9 Å². The Morgan fingerprint density at radius 2 is 1.52 bits per heavy atom. The molecule has 44 heavy (non-hydrogen) atoms. The largest absolute Gasteiger partial charge is 0.460 e. The molecule has 2 heterocycles. The molecule has 3 N–H and O–H groups in total. The van der Waals surface area contributed by atoms with Gasteiger partial charge >= 0.3 is 11.9 Å². The first kappa shape index (κ1) is 30.7. The number of thioether (sulfide) groups is 1. The van der Waals surface area contributed by atoms with Crippen molar-refractivity contribution in [1.29, 1.82) is 0 Å². The fraction of sp³-hybridized carbons (Fsp3) is 0.290. The molecule has 0 radical (unpaired) electrons. The number of nitro benzene ring substituents is 1. The highest BCUT2D eigenvalue weighted by molar-refractivity contribution is 8.01. The van der Waals surface area contributed by atoms with Crippen LogP contribution >= 0.6 is 11.8 Å². The number of fused-ring (bicyclic) bond motifs is 1. The summed E-state index contributed by atoms with van der Waals surface area (Å²) in [5.41, 5.74) is 6.31. The fourth-order valence-corrected chi connectivity index (χ4v) is 6.84. The molecule has 228 valence electrons. The summed E-state index contributed by atoms with van der Waals surface area (Å²) < 4.78 is 9.98. The van der Waals surface area contributed by atoms with Gasteiger partial charge in [-0.1, -0.05) is 60.7 Å². The Labute approximate surface area is 257 Å². The molecule has 2 fully saturated rings. The van der Waals surface area contributed by atoms with E-state index < -0.39 is 56.4 Å². The van der Waals surface area contributed by atoms with Gasteiger partial charge in [0.1, 0.15) is 24.6 Å². The quantitative estimate of drug-likeness (QED) is 0.113. The van der Waals surface area contributed by atoms with Crippen LogP contribution in [0.2, 0.25) is 0 Å². The number of amides is 2. The van der Waals surface area contributed by atoms with Crippen molar-refractivity contribution in [2.45, 2.75) is 54.8 Å². The van der Waals surface area contributed by atoms with E-state index in [2.05, 4.69) is 5.32 Å². The van der Waals surface area contributed by atoms with Crippen molar-refractivity contribution < 1.29 is 33.6 Å². The molecule has 4 atom stereocenters. The molecule has 0 aliphatic carbocycles. The average Bonchev–Trinajstić information content (AvgIpc) is 3.21. The van der Waals surface area contributed by atoms with Gasteiger partial charge in [-0.2, -0.15) is 0 Å². The molecule has 12 nitrogen and oxygen atoms in total. The lowest BCUT2D eigenvalue weighted by Crippen LogP contribution is -2.79. The number of rotatable bonds is 10. The Hall–Kier alpha value is -4.75. The third-order valence-electron chi connectivity index (χ3n) is 7.74. The summed E-state index contributed by atoms with van der Waals surface area (Å²) in [4.78, 5) is 65.2. The van der Waals surface area contributed by atoms with Crippen LogP contribution in [0, 0.1) is 10.1 Å². The van der Waals surface area contributed by atoms with Gasteiger partial charge in [0, 0.05) is 12.1 Å². The minimum atomic E-state index is -1.79. The van der Waals surface area contributed by atoms with E-state index in [-0.39, 0.29) is 18.9 Å². The van der Waals surface area contributed by atoms with Gasteiger partial charge < -0.3 is 14.8 Å². The van der Waals surface area contributed by atoms with Crippen LogP contribution in [0.3, 0.4) is 0 Å². The molecular weight excluding hydrogens is 588 g/mol. The molecule has 5 rings (SSSR count). The standard InChI is InChI=1S/C31H30N4O8S/c1-30(2)31(32,29(39)43-18-19-9-5-3-6-10-19)34-26(37)24(27(34)44-30)33-25(36)23(21-11-7-4-8-12-21)28(38)42-17-20-13-15-22(16-14-20)35(40)41/h3-16,23-24,27H,17-18,32H2,1-2H3,(H,33,36)/t23?,24-,27-,31+/m1/s1. The van der Waals surface area contributed by atoms with Crippen LogP contribution in [0.15, 0.2) is 84.9 Å². The van der Waals surface area contributed by atoms with Crippen molar-refractivity contribution in [1.82, 2.24) is 10.2 Å². The maximum atomic E-state index is 13.6. The van der Waals surface area contributed by atoms with Gasteiger partial charge in [-0.25, -0.2) is 4.79 Å². The third-order valence-corrected chi connectivity index (χ3v) is 9.36. The molecule has 3 aromatic rings. The summed E-state index contributed by atoms with van der Waals surface area (Å²) in [5, 5.41) is 12.9. The average molecular weight is 619 g/mol. The summed E-state index contributed by atoms with van der Waals surface area (Å²) in [6.45, 7) is 3.21. The number of ether oxygens (including phenoxy) is 2. The van der Waals surface area contributed by atoms with E-state index >= 15 is 0 Å². The van der Waals surface area contributed by atoms with Gasteiger partial charge in [-0.15, -0.1) is 11.8 Å². The monoisotopic (exact) mass is 618 g/mol. The SMILES string of the molecule is CC1(C)S[C@@H]2[C@H](NC(=O)C(C(=O)OCc3ccc([N+](=O)[O-])cc3)c3ccccc3)C(=O)N2[C@@]1(N)C(=O)OCc1ccccc1. The fourth-order valence-electron chi connectivity index (χ4n) is 5.18. The first-order chi connectivity index (χ1) is 20.9. The molecule has 0 spiro atoms. The van der Waals surface area contributed by atoms with Crippen LogP contribution in [0.1, 0.15) is 36.5 Å². The molecule has 2 saturated heterocycles. The van der Waals surface area contributed by atoms with Gasteiger partial charge in [0.15, 0.2) is 5.92 Å². The molecular formula is C31H30N4O8S. The lowest BCUT2D eigenvalue weighted by molar-refractivity contribution is -0.384. The number of hydrogen-bond acceptors (Lipinski definition) is 10. The van der Waals surface area contributed by atoms with Crippen molar-refractivity contribution in [3.05, 3.63) is 112 Å². The summed E-state index contributed by atoms with van der Waals surface area (Å²) in [7, 11) is 0. The molecule has 2 aliphatic rings. The smallest absolute Gasteiger partial charge is 0.349 e. The third kappa shape index (κ3) is 5.63. The van der Waals surface area contributed by atoms with Gasteiger partial charge in [0.2, 0.25) is 11.6 Å². The van der Waals surface area contributed by atoms with Gasteiger partial charge in [-0.3, -0.25) is 35.1 Å². The normalized spacial score (nSPS) is 22.2. The van der Waals surface area contributed by atoms with Crippen molar-refractivity contribution in [3.8, 4) is 0 Å². The van der Waals surface area contributed by atoms with Crippen molar-refractivity contribution in [2.24, 2.45) is 5.73 Å². The van der Waals surface area contributed by atoms with Gasteiger partial charge in [0.25, 0.3) is 11.6 Å². The highest BCUT2D eigenvalue weighted by Gasteiger charge is 2.72. The van der Waals surface area contributed by atoms with Crippen LogP contribution in [0.4, 0.5) is 5.69 Å². The topological polar surface area (TPSA) is 171 Å². The number of benzene rings is 3. The second-order valence-corrected chi connectivity index (χ2v) is 12.7. The summed E-state index contributed by atoms with van der Waals surface area (Å²) in [6, 6.07) is 21.7. The highest BCUT2D eigenvalue weighted by Crippen LogP contribution is 2.55. The zero-order valence-corrected chi connectivity index (χ0v) is 24.7. The predicted molar refractivity (Wildman–Crippen MR) is 159 cm³/mol. The van der Waals surface area contributed by atoms with Crippen LogP contribution in [-0.2, 0) is 41.9 Å². The van der Waals surface area contributed by atoms with E-state index in [9.17, 15) is 29.3 Å². The summed E-state index contributed by atoms with van der Waals surface area (Å²) in [6.07, 6.45) is 0. The molecule has 0 bridgehead atoms. The first-order valence-electron chi connectivity index (χ1n) is 13.7. The number of nitrogens with one attached hydrogen (secondary N) is 1. The molecule has 0 saturated carbocycles. The van der Waals surface area contributed by atoms with Crippen LogP contribution in [0.5, 0.6) is 0 Å². The maximum Gasteiger partial charge on any atom is 0.349 e. The van der Waals surface area contributed by atoms with Gasteiger partial charge in [0.05, 0.1) is 9.67 Å². The Kier molecular flexibility index (Phi) is 8.44. The number of nitrogens with two attached hydrogens (primary N) is 1. The molecule has 3 aromatic carbocycles. The molecule has 13 heteroatoms. The Balaban J connectivity index is 1.29. The first-order valence-corrected chi connectivity index (χ1v) is 14.6. The van der Waals surface area contributed by atoms with Crippen LogP contribution in [0.25, 0.3) is 0 Å². The lowest BCUT2D eigenvalue weighted by atomic mass is 9.89. The molecule has 1 unspecified atom stereocenters. The van der Waals surface area contributed by atoms with E-state index in [4.69, 9.17) is 15.2 Å². The maximum absolute atomic E-state index is 13.6. The van der Waals surface area contributed by atoms with E-state index in [0.717, 1.165) is 5.56 Å². The number of carbonyl (C=O) groups excluding carboxylic acids is 4. The Morgan fingerprint density at radius 3 is 2.14 bits per heavy atom. The molecule has 0 aromatic heterocycles. The van der Waals surface area contributed by atoms with Crippen molar-refractivity contribution in [3.63, 3.8) is 0 Å². The van der Waals surface area contributed by atoms with Crippen LogP contribution < -0.4 is 11.1 Å². The summed E-state index contributed by atoms with van der Waals surface area (Å²) >= 11 is 1.26. The molecule has 2 amide bonds. The van der Waals surface area contributed by atoms with E-state index in [1.54, 1.807) is 56.3 Å². The minimum Gasteiger partial charge on any atom is -0.460 e. The minimum absolute atomic E-state index is 0.0209. The summed E-state index contributed by atoms with van der Waals surface area (Å²) in [5.74, 6) is -4.38. The second-order valence-electron chi connectivity index (χ2n) is 10.9. The lowest BCUT2D eigenvalue weighted by Gasteiger charge is -2.48. The Bertz CT molecular complexity index is 1590. The number of hydrogen-bond donors (Lipinski definition) is 2. The number of nitrogens with zero attached hydrogens (tertiary/aromatic N) is 2. The zero-order valence-electron chi connectivity index (χ0n) is 23.9. The van der Waals surface area contributed by atoms with Crippen molar-refractivity contribution in [2.75, 3.05) is 0 Å². The predicted octanol–water partition coefficient (Wildman–Crippen LogP) is 3.00. The Morgan fingerprint density at radius 1 is 0.955 bits per heavy atom.